The third-order valence-corrected chi connectivity index (χ3v) is 4.96. The Balaban J connectivity index is 2.27. The molecule has 1 aromatic rings. The lowest BCUT2D eigenvalue weighted by Gasteiger charge is -2.27. The summed E-state index contributed by atoms with van der Waals surface area (Å²) in [5.41, 5.74) is 3.91. The zero-order valence-corrected chi connectivity index (χ0v) is 13.2. The fourth-order valence-electron chi connectivity index (χ4n) is 3.33. The summed E-state index contributed by atoms with van der Waals surface area (Å²) in [5.74, 6) is 0.729. The normalized spacial score (nSPS) is 19.2. The number of nitrogens with one attached hydrogen (secondary N) is 1. The van der Waals surface area contributed by atoms with Crippen LogP contribution in [0.5, 0.6) is 0 Å². The van der Waals surface area contributed by atoms with Crippen molar-refractivity contribution in [3.8, 4) is 0 Å². The molecule has 1 aliphatic rings. The smallest absolute Gasteiger partial charge is 0.0456 e. The van der Waals surface area contributed by atoms with Gasteiger partial charge in [0.15, 0.2) is 0 Å². The molecule has 0 radical (unpaired) electrons. The van der Waals surface area contributed by atoms with Crippen LogP contribution < -0.4 is 5.32 Å². The van der Waals surface area contributed by atoms with Gasteiger partial charge in [0.2, 0.25) is 0 Å². The molecule has 0 spiro atoms. The summed E-state index contributed by atoms with van der Waals surface area (Å²) in [7, 11) is 2.07. The Bertz CT molecular complexity index is 420. The number of halogens is 1. The topological polar surface area (TPSA) is 12.0 Å². The van der Waals surface area contributed by atoms with Crippen LogP contribution in [0.1, 0.15) is 61.3 Å². The molecule has 1 aliphatic carbocycles. The maximum absolute atomic E-state index is 6.50. The van der Waals surface area contributed by atoms with Gasteiger partial charge in [-0.05, 0) is 62.4 Å². The van der Waals surface area contributed by atoms with E-state index >= 15 is 0 Å². The van der Waals surface area contributed by atoms with Crippen LogP contribution in [0.25, 0.3) is 0 Å². The molecule has 2 rings (SSSR count). The molecular weight excluding hydrogens is 254 g/mol. The molecule has 0 saturated heterocycles. The van der Waals surface area contributed by atoms with Crippen LogP contribution in [0.2, 0.25) is 5.02 Å². The number of hydrogen-bond donors (Lipinski definition) is 1. The van der Waals surface area contributed by atoms with Crippen LogP contribution in [0.4, 0.5) is 0 Å². The average Bonchev–Trinajstić information content (AvgIpc) is 2.65. The molecule has 0 bridgehead atoms. The highest BCUT2D eigenvalue weighted by Gasteiger charge is 2.24. The van der Waals surface area contributed by atoms with Crippen LogP contribution in [-0.4, -0.2) is 7.05 Å². The van der Waals surface area contributed by atoms with Crippen molar-refractivity contribution in [3.05, 3.63) is 33.8 Å². The summed E-state index contributed by atoms with van der Waals surface area (Å²) in [6, 6.07) is 4.81. The summed E-state index contributed by atoms with van der Waals surface area (Å²) in [6.07, 6.45) is 8.18. The molecule has 0 amide bonds. The first kappa shape index (κ1) is 14.9. The second-order valence-electron chi connectivity index (χ2n) is 5.98. The molecule has 2 heteroatoms. The molecule has 106 valence electrons. The van der Waals surface area contributed by atoms with Gasteiger partial charge in [-0.2, -0.15) is 0 Å². The number of aryl methyl sites for hydroxylation is 2. The third kappa shape index (κ3) is 3.52. The van der Waals surface area contributed by atoms with Gasteiger partial charge in [-0.25, -0.2) is 0 Å². The van der Waals surface area contributed by atoms with E-state index in [1.165, 1.54) is 55.2 Å². The van der Waals surface area contributed by atoms with Crippen LogP contribution in [0, 0.1) is 19.8 Å². The van der Waals surface area contributed by atoms with Gasteiger partial charge >= 0.3 is 0 Å². The predicted octanol–water partition coefficient (Wildman–Crippen LogP) is 5.19. The van der Waals surface area contributed by atoms with Crippen molar-refractivity contribution in [2.45, 2.75) is 58.4 Å². The third-order valence-electron chi connectivity index (χ3n) is 4.63. The minimum atomic E-state index is 0.407. The van der Waals surface area contributed by atoms with Crippen molar-refractivity contribution >= 4 is 11.6 Å². The van der Waals surface area contributed by atoms with E-state index in [9.17, 15) is 0 Å². The second-order valence-corrected chi connectivity index (χ2v) is 6.38. The van der Waals surface area contributed by atoms with Gasteiger partial charge in [-0.3, -0.25) is 0 Å². The van der Waals surface area contributed by atoms with E-state index in [0.29, 0.717) is 6.04 Å². The minimum Gasteiger partial charge on any atom is -0.313 e. The van der Waals surface area contributed by atoms with Gasteiger partial charge in [-0.15, -0.1) is 0 Å². The number of hydrogen-bond acceptors (Lipinski definition) is 1. The monoisotopic (exact) mass is 279 g/mol. The second kappa shape index (κ2) is 6.76. The molecule has 1 atom stereocenters. The van der Waals surface area contributed by atoms with Gasteiger partial charge in [0, 0.05) is 11.1 Å². The van der Waals surface area contributed by atoms with Crippen molar-refractivity contribution in [2.24, 2.45) is 5.92 Å². The molecule has 1 aromatic carbocycles. The summed E-state index contributed by atoms with van der Waals surface area (Å²) in [5, 5.41) is 4.44. The molecule has 19 heavy (non-hydrogen) atoms. The Kier molecular flexibility index (Phi) is 5.29. The predicted molar refractivity (Wildman–Crippen MR) is 83.9 cm³/mol. The SMILES string of the molecule is CNC(c1cc(C)c(C)cc1Cl)C1CCCCCC1. The first-order chi connectivity index (χ1) is 9.13. The van der Waals surface area contributed by atoms with Crippen LogP contribution in [0.15, 0.2) is 12.1 Å². The highest BCUT2D eigenvalue weighted by Crippen LogP contribution is 2.37. The first-order valence-electron chi connectivity index (χ1n) is 7.57. The Morgan fingerprint density at radius 3 is 2.21 bits per heavy atom. The molecule has 1 unspecified atom stereocenters. The quantitative estimate of drug-likeness (QED) is 0.751. The van der Waals surface area contributed by atoms with E-state index in [-0.39, 0.29) is 0 Å². The van der Waals surface area contributed by atoms with Crippen LogP contribution >= 0.6 is 11.6 Å². The summed E-state index contributed by atoms with van der Waals surface area (Å²) in [6.45, 7) is 4.31. The van der Waals surface area contributed by atoms with Crippen molar-refractivity contribution in [1.29, 1.82) is 0 Å². The Morgan fingerprint density at radius 1 is 1.05 bits per heavy atom. The zero-order valence-electron chi connectivity index (χ0n) is 12.4. The maximum atomic E-state index is 6.50. The Labute approximate surface area is 122 Å². The summed E-state index contributed by atoms with van der Waals surface area (Å²) in [4.78, 5) is 0. The summed E-state index contributed by atoms with van der Waals surface area (Å²) < 4.78 is 0. The van der Waals surface area contributed by atoms with Gasteiger partial charge in [0.05, 0.1) is 0 Å². The standard InChI is InChI=1S/C17H26ClN/c1-12-10-15(16(18)11-13(12)2)17(19-3)14-8-6-4-5-7-9-14/h10-11,14,17,19H,4-9H2,1-3H3. The van der Waals surface area contributed by atoms with Gasteiger partial charge < -0.3 is 5.32 Å². The highest BCUT2D eigenvalue weighted by molar-refractivity contribution is 6.31. The Hall–Kier alpha value is -0.530. The molecule has 1 nitrogen and oxygen atoms in total. The number of benzene rings is 1. The average molecular weight is 280 g/mol. The van der Waals surface area contributed by atoms with Crippen molar-refractivity contribution < 1.29 is 0 Å². The van der Waals surface area contributed by atoms with E-state index in [2.05, 4.69) is 38.3 Å². The van der Waals surface area contributed by atoms with Gasteiger partial charge in [0.1, 0.15) is 0 Å². The molecular formula is C17H26ClN. The van der Waals surface area contributed by atoms with Crippen molar-refractivity contribution in [3.63, 3.8) is 0 Å². The van der Waals surface area contributed by atoms with E-state index in [0.717, 1.165) is 10.9 Å². The number of rotatable bonds is 3. The molecule has 1 N–H and O–H groups in total. The molecule has 0 heterocycles. The van der Waals surface area contributed by atoms with E-state index in [1.807, 2.05) is 0 Å². The van der Waals surface area contributed by atoms with Crippen LogP contribution in [-0.2, 0) is 0 Å². The lowest BCUT2D eigenvalue weighted by molar-refractivity contribution is 0.341. The largest absolute Gasteiger partial charge is 0.313 e. The zero-order chi connectivity index (χ0) is 13.8. The minimum absolute atomic E-state index is 0.407. The summed E-state index contributed by atoms with van der Waals surface area (Å²) >= 11 is 6.50. The van der Waals surface area contributed by atoms with E-state index in [1.54, 1.807) is 0 Å². The first-order valence-corrected chi connectivity index (χ1v) is 7.95. The molecule has 0 aliphatic heterocycles. The molecule has 1 fully saturated rings. The van der Waals surface area contributed by atoms with E-state index in [4.69, 9.17) is 11.6 Å². The van der Waals surface area contributed by atoms with Crippen molar-refractivity contribution in [2.75, 3.05) is 7.05 Å². The fraction of sp³-hybridized carbons (Fsp3) is 0.647. The maximum Gasteiger partial charge on any atom is 0.0456 e. The fourth-order valence-corrected chi connectivity index (χ4v) is 3.67. The van der Waals surface area contributed by atoms with Gasteiger partial charge in [0.25, 0.3) is 0 Å². The lowest BCUT2D eigenvalue weighted by atomic mass is 9.86. The highest BCUT2D eigenvalue weighted by atomic mass is 35.5. The van der Waals surface area contributed by atoms with E-state index < -0.39 is 0 Å². The Morgan fingerprint density at radius 2 is 1.63 bits per heavy atom. The lowest BCUT2D eigenvalue weighted by Crippen LogP contribution is -2.25. The van der Waals surface area contributed by atoms with Gasteiger partial charge in [-0.1, -0.05) is 43.4 Å². The van der Waals surface area contributed by atoms with Crippen LogP contribution in [0.3, 0.4) is 0 Å². The molecule has 1 saturated carbocycles. The van der Waals surface area contributed by atoms with Crippen molar-refractivity contribution in [1.82, 2.24) is 5.32 Å². The molecule has 0 aromatic heterocycles.